The molecular formula is C20H35N5O2. The minimum atomic E-state index is -0.576. The average Bonchev–Trinajstić information content (AvgIpc) is 3.18. The Labute approximate surface area is 161 Å². The van der Waals surface area contributed by atoms with Gasteiger partial charge in [-0.05, 0) is 38.5 Å². The van der Waals surface area contributed by atoms with Gasteiger partial charge < -0.3 is 16.4 Å². The molecule has 0 amide bonds. The van der Waals surface area contributed by atoms with Crippen molar-refractivity contribution in [2.75, 3.05) is 10.6 Å². The van der Waals surface area contributed by atoms with Crippen LogP contribution in [-0.2, 0) is 6.54 Å². The molecular weight excluding hydrogens is 342 g/mol. The van der Waals surface area contributed by atoms with E-state index in [4.69, 9.17) is 5.73 Å². The Morgan fingerprint density at radius 2 is 1.93 bits per heavy atom. The van der Waals surface area contributed by atoms with Crippen LogP contribution in [0.3, 0.4) is 0 Å². The number of anilines is 2. The predicted octanol–water partition coefficient (Wildman–Crippen LogP) is 2.99. The summed E-state index contributed by atoms with van der Waals surface area (Å²) in [5.74, 6) is 1.04. The van der Waals surface area contributed by atoms with Gasteiger partial charge >= 0.3 is 5.69 Å². The molecule has 1 aliphatic carbocycles. The van der Waals surface area contributed by atoms with Gasteiger partial charge in [0.2, 0.25) is 0 Å². The van der Waals surface area contributed by atoms with Crippen LogP contribution in [0.4, 0.5) is 11.5 Å². The molecule has 5 N–H and O–H groups in total. The Bertz CT molecular complexity index is 791. The first-order valence-electron chi connectivity index (χ1n) is 10.1. The van der Waals surface area contributed by atoms with E-state index >= 15 is 0 Å². The lowest BCUT2D eigenvalue weighted by molar-refractivity contribution is 0.419. The summed E-state index contributed by atoms with van der Waals surface area (Å²) in [6.45, 7) is 10.8. The van der Waals surface area contributed by atoms with Gasteiger partial charge in [0.1, 0.15) is 17.7 Å². The van der Waals surface area contributed by atoms with Crippen molar-refractivity contribution in [3.63, 3.8) is 0 Å². The predicted molar refractivity (Wildman–Crippen MR) is 112 cm³/mol. The van der Waals surface area contributed by atoms with Crippen molar-refractivity contribution >= 4 is 11.5 Å². The van der Waals surface area contributed by atoms with Crippen molar-refractivity contribution in [1.29, 1.82) is 0 Å². The van der Waals surface area contributed by atoms with Crippen LogP contribution in [0.1, 0.15) is 66.7 Å². The van der Waals surface area contributed by atoms with E-state index in [0.29, 0.717) is 24.0 Å². The van der Waals surface area contributed by atoms with Crippen LogP contribution in [-0.4, -0.2) is 21.3 Å². The highest BCUT2D eigenvalue weighted by Crippen LogP contribution is 2.33. The topological polar surface area (TPSA) is 105 Å². The van der Waals surface area contributed by atoms with Crippen molar-refractivity contribution in [2.45, 2.75) is 85.0 Å². The molecule has 1 aromatic heterocycles. The van der Waals surface area contributed by atoms with Gasteiger partial charge in [-0.2, -0.15) is 0 Å². The van der Waals surface area contributed by atoms with Gasteiger partial charge in [0.15, 0.2) is 0 Å². The second-order valence-electron chi connectivity index (χ2n) is 8.09. The van der Waals surface area contributed by atoms with E-state index in [0.717, 1.165) is 19.3 Å². The summed E-state index contributed by atoms with van der Waals surface area (Å²) < 4.78 is 1.23. The van der Waals surface area contributed by atoms with E-state index in [1.807, 2.05) is 13.8 Å². The highest BCUT2D eigenvalue weighted by Gasteiger charge is 2.37. The third-order valence-corrected chi connectivity index (χ3v) is 4.92. The van der Waals surface area contributed by atoms with Crippen molar-refractivity contribution in [2.24, 2.45) is 11.7 Å². The summed E-state index contributed by atoms with van der Waals surface area (Å²) in [7, 11) is 0. The van der Waals surface area contributed by atoms with E-state index in [1.165, 1.54) is 23.0 Å². The highest BCUT2D eigenvalue weighted by molar-refractivity contribution is 5.69. The number of allylic oxidation sites excluding steroid dienone is 1. The molecule has 152 valence electrons. The summed E-state index contributed by atoms with van der Waals surface area (Å²) in [5.41, 5.74) is 7.05. The van der Waals surface area contributed by atoms with E-state index < -0.39 is 5.54 Å². The standard InChI is InChI=1S/C17H27N5O2.C3H8/c1-4-7-22-14(23)12-13(21-16(22)24)20-15(19-12)17(3,18)9-11-6-5-10(2)8-11;1-3-2/h8,10,15,19-20H,4-7,9,18H2,1-3H3,(H,21,24);3H2,1-2H3/t10-,15?,17?;/m1./s1. The Kier molecular flexibility index (Phi) is 6.92. The van der Waals surface area contributed by atoms with Crippen LogP contribution in [0.25, 0.3) is 0 Å². The molecule has 0 spiro atoms. The van der Waals surface area contributed by atoms with E-state index in [1.54, 1.807) is 0 Å². The number of aromatic amines is 1. The van der Waals surface area contributed by atoms with Gasteiger partial charge in [-0.15, -0.1) is 0 Å². The Hall–Kier alpha value is -2.02. The summed E-state index contributed by atoms with van der Waals surface area (Å²) in [5, 5.41) is 6.37. The minimum absolute atomic E-state index is 0.296. The van der Waals surface area contributed by atoms with Gasteiger partial charge in [-0.25, -0.2) is 4.79 Å². The van der Waals surface area contributed by atoms with E-state index in [-0.39, 0.29) is 17.4 Å². The van der Waals surface area contributed by atoms with Gasteiger partial charge in [0.05, 0.1) is 5.54 Å². The number of aromatic nitrogens is 2. The maximum Gasteiger partial charge on any atom is 0.330 e. The zero-order chi connectivity index (χ0) is 20.2. The lowest BCUT2D eigenvalue weighted by Crippen LogP contribution is -2.54. The fraction of sp³-hybridized carbons (Fsp3) is 0.700. The van der Waals surface area contributed by atoms with Crippen molar-refractivity contribution in [3.8, 4) is 0 Å². The van der Waals surface area contributed by atoms with Crippen LogP contribution in [0.2, 0.25) is 0 Å². The van der Waals surface area contributed by atoms with Crippen molar-refractivity contribution in [1.82, 2.24) is 9.55 Å². The number of H-pyrrole nitrogens is 1. The van der Waals surface area contributed by atoms with Gasteiger partial charge in [0, 0.05) is 6.54 Å². The zero-order valence-corrected chi connectivity index (χ0v) is 17.3. The Morgan fingerprint density at radius 1 is 1.26 bits per heavy atom. The molecule has 0 radical (unpaired) electrons. The molecule has 2 heterocycles. The molecule has 2 unspecified atom stereocenters. The molecule has 0 fully saturated rings. The number of rotatable bonds is 5. The summed E-state index contributed by atoms with van der Waals surface area (Å²) in [4.78, 5) is 27.3. The van der Waals surface area contributed by atoms with E-state index in [9.17, 15) is 9.59 Å². The lowest BCUT2D eigenvalue weighted by atomic mass is 9.90. The average molecular weight is 378 g/mol. The lowest BCUT2D eigenvalue weighted by Gasteiger charge is -2.32. The first-order valence-corrected chi connectivity index (χ1v) is 10.1. The maximum atomic E-state index is 12.5. The van der Waals surface area contributed by atoms with Gasteiger partial charge in [0.25, 0.3) is 5.56 Å². The van der Waals surface area contributed by atoms with Crippen molar-refractivity contribution in [3.05, 3.63) is 32.5 Å². The van der Waals surface area contributed by atoms with E-state index in [2.05, 4.69) is 42.5 Å². The molecule has 0 aromatic carbocycles. The number of nitrogens with zero attached hydrogens (tertiary/aromatic N) is 1. The molecule has 0 bridgehead atoms. The minimum Gasteiger partial charge on any atom is -0.356 e. The molecule has 1 aliphatic heterocycles. The van der Waals surface area contributed by atoms with Gasteiger partial charge in [-0.3, -0.25) is 14.3 Å². The fourth-order valence-corrected chi connectivity index (χ4v) is 3.62. The zero-order valence-electron chi connectivity index (χ0n) is 17.3. The number of nitrogens with one attached hydrogen (secondary N) is 3. The van der Waals surface area contributed by atoms with Crippen LogP contribution >= 0.6 is 0 Å². The van der Waals surface area contributed by atoms with Crippen LogP contribution in [0.5, 0.6) is 0 Å². The molecule has 3 atom stereocenters. The molecule has 0 saturated carbocycles. The Balaban J connectivity index is 0.000000817. The molecule has 0 saturated heterocycles. The summed E-state index contributed by atoms with van der Waals surface area (Å²) >= 11 is 0. The normalized spacial score (nSPS) is 22.7. The molecule has 7 nitrogen and oxygen atoms in total. The molecule has 3 rings (SSSR count). The van der Waals surface area contributed by atoms with Gasteiger partial charge in [-0.1, -0.05) is 45.8 Å². The second-order valence-corrected chi connectivity index (χ2v) is 8.09. The number of hydrogen-bond donors (Lipinski definition) is 4. The molecule has 1 aromatic rings. The first-order chi connectivity index (χ1) is 12.7. The Morgan fingerprint density at radius 3 is 2.48 bits per heavy atom. The first kappa shape index (κ1) is 21.3. The summed E-state index contributed by atoms with van der Waals surface area (Å²) in [6.07, 6.45) is 6.97. The molecule has 27 heavy (non-hydrogen) atoms. The SMILES string of the molecule is CCC.CCCn1c(=O)[nH]c2c(c1=O)NC(C(C)(N)CC1=C[C@H](C)CC1)N2. The smallest absolute Gasteiger partial charge is 0.330 e. The van der Waals surface area contributed by atoms with Crippen molar-refractivity contribution < 1.29 is 0 Å². The van der Waals surface area contributed by atoms with Crippen LogP contribution in [0, 0.1) is 5.92 Å². The quantitative estimate of drug-likeness (QED) is 0.591. The van der Waals surface area contributed by atoms with Crippen LogP contribution in [0.15, 0.2) is 21.2 Å². The maximum absolute atomic E-state index is 12.5. The third kappa shape index (κ3) is 4.83. The number of hydrogen-bond acceptors (Lipinski definition) is 5. The largest absolute Gasteiger partial charge is 0.356 e. The second kappa shape index (κ2) is 8.78. The molecule has 2 aliphatic rings. The fourth-order valence-electron chi connectivity index (χ4n) is 3.62. The number of fused-ring (bicyclic) bond motifs is 1. The summed E-state index contributed by atoms with van der Waals surface area (Å²) in [6, 6.07) is 0. The number of nitrogens with two attached hydrogens (primary N) is 1. The molecule has 7 heteroatoms. The third-order valence-electron chi connectivity index (χ3n) is 4.92. The highest BCUT2D eigenvalue weighted by atomic mass is 16.2. The monoisotopic (exact) mass is 377 g/mol. The van der Waals surface area contributed by atoms with Crippen LogP contribution < -0.4 is 27.6 Å².